The van der Waals surface area contributed by atoms with Gasteiger partial charge < -0.3 is 14.2 Å². The minimum Gasteiger partial charge on any atom is -0.450 e. The maximum Gasteiger partial charge on any atom is 0.418 e. The van der Waals surface area contributed by atoms with Crippen LogP contribution in [0.3, 0.4) is 0 Å². The molecule has 4 rings (SSSR count). The van der Waals surface area contributed by atoms with Crippen molar-refractivity contribution in [2.45, 2.75) is 13.8 Å². The number of aromatic nitrogens is 2. The molecule has 0 fully saturated rings. The van der Waals surface area contributed by atoms with Crippen molar-refractivity contribution in [2.24, 2.45) is 0 Å². The van der Waals surface area contributed by atoms with Crippen LogP contribution in [0.4, 0.5) is 19.7 Å². The SMILES string of the molecule is CCOC(=O)Nc1cc(OC(=O)c2cccnc2)ccc1-c1cc(=O)c2c(F)cccc2n1C(=O)OCC. The molecule has 0 aliphatic heterocycles. The first-order chi connectivity index (χ1) is 18.3. The molecular weight excluding hydrogens is 497 g/mol. The number of halogens is 1. The fourth-order valence-corrected chi connectivity index (χ4v) is 3.76. The Morgan fingerprint density at radius 1 is 1.00 bits per heavy atom. The van der Waals surface area contributed by atoms with Crippen molar-refractivity contribution < 1.29 is 33.0 Å². The van der Waals surface area contributed by atoms with Gasteiger partial charge in [-0.25, -0.2) is 23.3 Å². The Balaban J connectivity index is 1.90. The third kappa shape index (κ3) is 5.36. The average Bonchev–Trinajstić information content (AvgIpc) is 2.89. The Bertz CT molecular complexity index is 1590. The van der Waals surface area contributed by atoms with Crippen LogP contribution < -0.4 is 15.5 Å². The molecule has 38 heavy (non-hydrogen) atoms. The molecule has 0 saturated carbocycles. The van der Waals surface area contributed by atoms with Crippen LogP contribution >= 0.6 is 0 Å². The molecule has 11 heteroatoms. The summed E-state index contributed by atoms with van der Waals surface area (Å²) in [6, 6.07) is 12.2. The van der Waals surface area contributed by atoms with Crippen molar-refractivity contribution in [2.75, 3.05) is 18.5 Å². The standard InChI is InChI=1S/C27H22FN3O7/c1-3-36-26(34)30-20-13-17(38-25(33)16-7-6-12-29-15-16)10-11-18(20)22-14-23(32)24-19(28)8-5-9-21(24)31(22)27(35)37-4-2/h5-15H,3-4H2,1-2H3,(H,30,34). The van der Waals surface area contributed by atoms with Gasteiger partial charge in [0.1, 0.15) is 11.6 Å². The van der Waals surface area contributed by atoms with Crippen molar-refractivity contribution in [1.29, 1.82) is 0 Å². The van der Waals surface area contributed by atoms with E-state index in [1.165, 1.54) is 48.8 Å². The predicted octanol–water partition coefficient (Wildman–Crippen LogP) is 4.99. The summed E-state index contributed by atoms with van der Waals surface area (Å²) in [6.07, 6.45) is 1.14. The average molecular weight is 519 g/mol. The molecule has 2 aromatic carbocycles. The molecule has 0 saturated heterocycles. The molecule has 1 N–H and O–H groups in total. The van der Waals surface area contributed by atoms with Gasteiger partial charge in [0.2, 0.25) is 0 Å². The van der Waals surface area contributed by atoms with E-state index in [1.54, 1.807) is 19.9 Å². The number of anilines is 1. The van der Waals surface area contributed by atoms with E-state index < -0.39 is 29.4 Å². The summed E-state index contributed by atoms with van der Waals surface area (Å²) in [6.45, 7) is 3.29. The van der Waals surface area contributed by atoms with Gasteiger partial charge in [-0.15, -0.1) is 0 Å². The zero-order valence-corrected chi connectivity index (χ0v) is 20.4. The first-order valence-corrected chi connectivity index (χ1v) is 11.6. The summed E-state index contributed by atoms with van der Waals surface area (Å²) in [5.74, 6) is -1.46. The fourth-order valence-electron chi connectivity index (χ4n) is 3.76. The Morgan fingerprint density at radius 2 is 1.79 bits per heavy atom. The monoisotopic (exact) mass is 519 g/mol. The number of hydrogen-bond acceptors (Lipinski definition) is 8. The number of carbonyl (C=O) groups is 3. The van der Waals surface area contributed by atoms with Gasteiger partial charge in [0.05, 0.1) is 41.1 Å². The number of fused-ring (bicyclic) bond motifs is 1. The number of nitrogens with zero attached hydrogens (tertiary/aromatic N) is 2. The van der Waals surface area contributed by atoms with Gasteiger partial charge in [-0.1, -0.05) is 6.07 Å². The molecule has 0 spiro atoms. The lowest BCUT2D eigenvalue weighted by molar-refractivity contribution is 0.0734. The minimum atomic E-state index is -0.868. The molecule has 0 radical (unpaired) electrons. The van der Waals surface area contributed by atoms with E-state index in [0.717, 1.165) is 16.7 Å². The summed E-state index contributed by atoms with van der Waals surface area (Å²) in [7, 11) is 0. The van der Waals surface area contributed by atoms with Gasteiger partial charge in [0, 0.05) is 30.1 Å². The number of hydrogen-bond donors (Lipinski definition) is 1. The second-order valence-electron chi connectivity index (χ2n) is 7.75. The molecular formula is C27H22FN3O7. The number of nitrogens with one attached hydrogen (secondary N) is 1. The van der Waals surface area contributed by atoms with E-state index in [9.17, 15) is 23.6 Å². The highest BCUT2D eigenvalue weighted by molar-refractivity contribution is 5.98. The topological polar surface area (TPSA) is 126 Å². The number of rotatable bonds is 6. The van der Waals surface area contributed by atoms with E-state index in [1.807, 2.05) is 0 Å². The van der Waals surface area contributed by atoms with Crippen LogP contribution in [0.1, 0.15) is 24.2 Å². The maximum absolute atomic E-state index is 14.6. The van der Waals surface area contributed by atoms with Gasteiger partial charge >= 0.3 is 18.2 Å². The number of amides is 1. The summed E-state index contributed by atoms with van der Waals surface area (Å²) in [4.78, 5) is 54.7. The summed E-state index contributed by atoms with van der Waals surface area (Å²) < 4.78 is 31.2. The van der Waals surface area contributed by atoms with E-state index in [2.05, 4.69) is 10.3 Å². The third-order valence-corrected chi connectivity index (χ3v) is 5.32. The van der Waals surface area contributed by atoms with Crippen LogP contribution in [0.25, 0.3) is 22.2 Å². The smallest absolute Gasteiger partial charge is 0.418 e. The van der Waals surface area contributed by atoms with Crippen LogP contribution in [0.2, 0.25) is 0 Å². The van der Waals surface area contributed by atoms with Gasteiger partial charge in [-0.3, -0.25) is 15.1 Å². The quantitative estimate of drug-likeness (QED) is 0.279. The van der Waals surface area contributed by atoms with Gasteiger partial charge in [-0.2, -0.15) is 0 Å². The number of esters is 1. The molecule has 0 bridgehead atoms. The predicted molar refractivity (Wildman–Crippen MR) is 136 cm³/mol. The highest BCUT2D eigenvalue weighted by atomic mass is 19.1. The largest absolute Gasteiger partial charge is 0.450 e. The normalized spacial score (nSPS) is 10.6. The van der Waals surface area contributed by atoms with Gasteiger partial charge in [0.25, 0.3) is 0 Å². The third-order valence-electron chi connectivity index (χ3n) is 5.32. The summed E-state index contributed by atoms with van der Waals surface area (Å²) in [5.41, 5.74) is -0.292. The van der Waals surface area contributed by atoms with Crippen LogP contribution in [0.5, 0.6) is 5.75 Å². The van der Waals surface area contributed by atoms with E-state index >= 15 is 0 Å². The number of ether oxygens (including phenoxy) is 3. The van der Waals surface area contributed by atoms with Crippen LogP contribution in [-0.2, 0) is 9.47 Å². The Morgan fingerprint density at radius 3 is 2.50 bits per heavy atom. The van der Waals surface area contributed by atoms with Crippen LogP contribution in [0, 0.1) is 5.82 Å². The first-order valence-electron chi connectivity index (χ1n) is 11.6. The van der Waals surface area contributed by atoms with E-state index in [0.29, 0.717) is 0 Å². The molecule has 2 heterocycles. The fraction of sp³-hybridized carbons (Fsp3) is 0.148. The van der Waals surface area contributed by atoms with Crippen molar-refractivity contribution >= 4 is 34.7 Å². The van der Waals surface area contributed by atoms with Crippen molar-refractivity contribution in [3.05, 3.63) is 88.6 Å². The zero-order chi connectivity index (χ0) is 27.2. The second-order valence-corrected chi connectivity index (χ2v) is 7.75. The zero-order valence-electron chi connectivity index (χ0n) is 20.4. The Kier molecular flexibility index (Phi) is 7.76. The summed E-state index contributed by atoms with van der Waals surface area (Å²) >= 11 is 0. The molecule has 10 nitrogen and oxygen atoms in total. The minimum absolute atomic E-state index is 0.00323. The molecule has 4 aromatic rings. The van der Waals surface area contributed by atoms with Crippen molar-refractivity contribution in [3.8, 4) is 17.0 Å². The lowest BCUT2D eigenvalue weighted by atomic mass is 10.1. The number of carbonyl (C=O) groups excluding carboxylic acids is 3. The molecule has 0 aliphatic carbocycles. The van der Waals surface area contributed by atoms with Gasteiger partial charge in [-0.05, 0) is 50.2 Å². The Labute approximate surface area is 215 Å². The first kappa shape index (κ1) is 26.0. The lowest BCUT2D eigenvalue weighted by Gasteiger charge is -2.18. The van der Waals surface area contributed by atoms with E-state index in [-0.39, 0.29) is 52.4 Å². The van der Waals surface area contributed by atoms with Gasteiger partial charge in [0.15, 0.2) is 5.43 Å². The second kappa shape index (κ2) is 11.3. The Hall–Kier alpha value is -5.06. The molecule has 2 aromatic heterocycles. The number of pyridine rings is 2. The van der Waals surface area contributed by atoms with Crippen molar-refractivity contribution in [3.63, 3.8) is 0 Å². The summed E-state index contributed by atoms with van der Waals surface area (Å²) in [5, 5.41) is 2.23. The molecule has 0 atom stereocenters. The molecule has 0 aliphatic rings. The van der Waals surface area contributed by atoms with Crippen LogP contribution in [0.15, 0.2) is 71.8 Å². The highest BCUT2D eigenvalue weighted by Crippen LogP contribution is 2.33. The molecule has 1 amide bonds. The van der Waals surface area contributed by atoms with Crippen molar-refractivity contribution in [1.82, 2.24) is 9.55 Å². The lowest BCUT2D eigenvalue weighted by Crippen LogP contribution is -2.22. The maximum atomic E-state index is 14.6. The van der Waals surface area contributed by atoms with Crippen LogP contribution in [-0.4, -0.2) is 40.9 Å². The van der Waals surface area contributed by atoms with E-state index in [4.69, 9.17) is 14.2 Å². The highest BCUT2D eigenvalue weighted by Gasteiger charge is 2.22. The molecule has 0 unspecified atom stereocenters. The molecule has 194 valence electrons. The number of benzene rings is 2.